The van der Waals surface area contributed by atoms with Crippen LogP contribution in [0.2, 0.25) is 0 Å². The van der Waals surface area contributed by atoms with E-state index >= 15 is 0 Å². The van der Waals surface area contributed by atoms with E-state index in [9.17, 15) is 9.90 Å². The molecule has 134 valence electrons. The van der Waals surface area contributed by atoms with Gasteiger partial charge in [0, 0.05) is 26.6 Å². The predicted octanol–water partition coefficient (Wildman–Crippen LogP) is 2.26. The van der Waals surface area contributed by atoms with E-state index in [0.717, 1.165) is 25.0 Å². The Labute approximate surface area is 144 Å². The summed E-state index contributed by atoms with van der Waals surface area (Å²) in [5.41, 5.74) is 1.19. The molecule has 1 fully saturated rings. The third-order valence-electron chi connectivity index (χ3n) is 4.29. The third-order valence-corrected chi connectivity index (χ3v) is 4.29. The Bertz CT molecular complexity index is 499. The lowest BCUT2D eigenvalue weighted by Gasteiger charge is -2.24. The number of hydrogen-bond donors (Lipinski definition) is 1. The van der Waals surface area contributed by atoms with Gasteiger partial charge in [-0.05, 0) is 49.8 Å². The van der Waals surface area contributed by atoms with Crippen LogP contribution in [-0.2, 0) is 16.0 Å². The van der Waals surface area contributed by atoms with Crippen molar-refractivity contribution in [3.05, 3.63) is 29.8 Å². The first-order valence-electron chi connectivity index (χ1n) is 8.78. The van der Waals surface area contributed by atoms with Crippen molar-refractivity contribution in [2.24, 2.45) is 5.92 Å². The molecule has 0 radical (unpaired) electrons. The first kappa shape index (κ1) is 18.7. The van der Waals surface area contributed by atoms with Crippen molar-refractivity contribution in [1.82, 2.24) is 4.90 Å². The number of ether oxygens (including phenoxy) is 2. The molecule has 0 heterocycles. The van der Waals surface area contributed by atoms with Crippen molar-refractivity contribution < 1.29 is 19.4 Å². The second kappa shape index (κ2) is 9.64. The van der Waals surface area contributed by atoms with Gasteiger partial charge in [0.05, 0.1) is 6.61 Å². The summed E-state index contributed by atoms with van der Waals surface area (Å²) in [6, 6.07) is 7.79. The zero-order valence-electron chi connectivity index (χ0n) is 14.7. The molecule has 5 heteroatoms. The van der Waals surface area contributed by atoms with Crippen LogP contribution < -0.4 is 4.74 Å². The highest BCUT2D eigenvalue weighted by molar-refractivity contribution is 5.76. The van der Waals surface area contributed by atoms with Gasteiger partial charge in [-0.2, -0.15) is 0 Å². The van der Waals surface area contributed by atoms with Gasteiger partial charge in [0.1, 0.15) is 18.5 Å². The van der Waals surface area contributed by atoms with Crippen LogP contribution in [0.1, 0.15) is 31.7 Å². The average Bonchev–Trinajstić information content (AvgIpc) is 3.40. The molecule has 0 aliphatic heterocycles. The van der Waals surface area contributed by atoms with Gasteiger partial charge in [0.15, 0.2) is 0 Å². The van der Waals surface area contributed by atoms with E-state index in [4.69, 9.17) is 9.47 Å². The number of amides is 1. The van der Waals surface area contributed by atoms with Gasteiger partial charge in [0.25, 0.3) is 0 Å². The Kier molecular flexibility index (Phi) is 7.53. The standard InChI is InChI=1S/C19H29NO4/c1-3-20(19(22)12-16-4-5-16)13-17(21)14-24-18-8-6-15(7-9-18)10-11-23-2/h6-9,16-17,21H,3-5,10-14H2,1-2H3/t17-/m0/s1. The number of benzene rings is 1. The minimum atomic E-state index is -0.679. The minimum absolute atomic E-state index is 0.140. The van der Waals surface area contributed by atoms with Crippen LogP contribution in [0.4, 0.5) is 0 Å². The molecular weight excluding hydrogens is 306 g/mol. The van der Waals surface area contributed by atoms with Gasteiger partial charge < -0.3 is 19.5 Å². The molecule has 1 N–H and O–H groups in total. The molecule has 1 aliphatic carbocycles. The summed E-state index contributed by atoms with van der Waals surface area (Å²) in [6.45, 7) is 3.77. The summed E-state index contributed by atoms with van der Waals surface area (Å²) >= 11 is 0. The van der Waals surface area contributed by atoms with E-state index in [1.807, 2.05) is 31.2 Å². The van der Waals surface area contributed by atoms with Crippen molar-refractivity contribution in [2.45, 2.75) is 38.7 Å². The molecule has 0 aromatic heterocycles. The minimum Gasteiger partial charge on any atom is -0.491 e. The Morgan fingerprint density at radius 2 is 2.04 bits per heavy atom. The number of carbonyl (C=O) groups is 1. The fourth-order valence-electron chi connectivity index (χ4n) is 2.58. The summed E-state index contributed by atoms with van der Waals surface area (Å²) in [6.07, 6.45) is 3.13. The number of rotatable bonds is 11. The maximum Gasteiger partial charge on any atom is 0.222 e. The monoisotopic (exact) mass is 335 g/mol. The van der Waals surface area contributed by atoms with Gasteiger partial charge >= 0.3 is 0 Å². The number of aliphatic hydroxyl groups excluding tert-OH is 1. The Morgan fingerprint density at radius 3 is 2.62 bits per heavy atom. The van der Waals surface area contributed by atoms with Crippen LogP contribution in [0.5, 0.6) is 5.75 Å². The molecule has 0 spiro atoms. The lowest BCUT2D eigenvalue weighted by atomic mass is 10.1. The zero-order valence-corrected chi connectivity index (χ0v) is 14.7. The van der Waals surface area contributed by atoms with Crippen LogP contribution in [0.15, 0.2) is 24.3 Å². The zero-order chi connectivity index (χ0) is 17.4. The summed E-state index contributed by atoms with van der Waals surface area (Å²) in [5, 5.41) is 10.1. The van der Waals surface area contributed by atoms with Crippen molar-refractivity contribution >= 4 is 5.91 Å². The first-order valence-corrected chi connectivity index (χ1v) is 8.78. The number of methoxy groups -OCH3 is 1. The molecule has 1 amide bonds. The molecule has 0 unspecified atom stereocenters. The first-order chi connectivity index (χ1) is 11.6. The van der Waals surface area contributed by atoms with E-state index in [0.29, 0.717) is 32.0 Å². The van der Waals surface area contributed by atoms with Crippen LogP contribution in [-0.4, -0.2) is 55.4 Å². The van der Waals surface area contributed by atoms with Crippen molar-refractivity contribution in [1.29, 1.82) is 0 Å². The Hall–Kier alpha value is -1.59. The average molecular weight is 335 g/mol. The van der Waals surface area contributed by atoms with Gasteiger partial charge in [-0.25, -0.2) is 0 Å². The van der Waals surface area contributed by atoms with Crippen molar-refractivity contribution in [3.63, 3.8) is 0 Å². The molecular formula is C19H29NO4. The van der Waals surface area contributed by atoms with E-state index in [1.165, 1.54) is 5.56 Å². The lowest BCUT2D eigenvalue weighted by Crippen LogP contribution is -2.39. The third kappa shape index (κ3) is 6.49. The highest BCUT2D eigenvalue weighted by Crippen LogP contribution is 2.32. The molecule has 1 atom stereocenters. The largest absolute Gasteiger partial charge is 0.491 e. The summed E-state index contributed by atoms with van der Waals surface area (Å²) in [5.74, 6) is 1.43. The molecule has 24 heavy (non-hydrogen) atoms. The summed E-state index contributed by atoms with van der Waals surface area (Å²) < 4.78 is 10.7. The van der Waals surface area contributed by atoms with Crippen LogP contribution in [0.3, 0.4) is 0 Å². The number of carbonyl (C=O) groups excluding carboxylic acids is 1. The summed E-state index contributed by atoms with van der Waals surface area (Å²) in [7, 11) is 1.69. The van der Waals surface area contributed by atoms with Gasteiger partial charge in [-0.1, -0.05) is 12.1 Å². The molecule has 0 saturated heterocycles. The molecule has 1 saturated carbocycles. The van der Waals surface area contributed by atoms with E-state index in [2.05, 4.69) is 0 Å². The predicted molar refractivity (Wildman–Crippen MR) is 93.1 cm³/mol. The number of hydrogen-bond acceptors (Lipinski definition) is 4. The summed E-state index contributed by atoms with van der Waals surface area (Å²) in [4.78, 5) is 13.8. The van der Waals surface area contributed by atoms with E-state index in [-0.39, 0.29) is 12.5 Å². The normalized spacial score (nSPS) is 15.1. The molecule has 2 rings (SSSR count). The fourth-order valence-corrected chi connectivity index (χ4v) is 2.58. The van der Waals surface area contributed by atoms with Gasteiger partial charge in [0.2, 0.25) is 5.91 Å². The number of nitrogens with zero attached hydrogens (tertiary/aromatic N) is 1. The fraction of sp³-hybridized carbons (Fsp3) is 0.632. The quantitative estimate of drug-likeness (QED) is 0.674. The topological polar surface area (TPSA) is 59.0 Å². The molecule has 1 aromatic carbocycles. The van der Waals surface area contributed by atoms with Crippen molar-refractivity contribution in [3.8, 4) is 5.75 Å². The molecule has 1 aliphatic rings. The maximum atomic E-state index is 12.1. The molecule has 5 nitrogen and oxygen atoms in total. The second-order valence-electron chi connectivity index (χ2n) is 6.43. The smallest absolute Gasteiger partial charge is 0.222 e. The maximum absolute atomic E-state index is 12.1. The SMILES string of the molecule is CCN(C[C@H](O)COc1ccc(CCOC)cc1)C(=O)CC1CC1. The van der Waals surface area contributed by atoms with Gasteiger partial charge in [-0.15, -0.1) is 0 Å². The highest BCUT2D eigenvalue weighted by atomic mass is 16.5. The van der Waals surface area contributed by atoms with Gasteiger partial charge in [-0.3, -0.25) is 4.79 Å². The van der Waals surface area contributed by atoms with E-state index in [1.54, 1.807) is 12.0 Å². The van der Waals surface area contributed by atoms with Crippen LogP contribution in [0, 0.1) is 5.92 Å². The Morgan fingerprint density at radius 1 is 1.33 bits per heavy atom. The van der Waals surface area contributed by atoms with Crippen molar-refractivity contribution in [2.75, 3.05) is 33.4 Å². The highest BCUT2D eigenvalue weighted by Gasteiger charge is 2.27. The Balaban J connectivity index is 1.72. The number of likely N-dealkylation sites (N-methyl/N-ethyl adjacent to an activating group) is 1. The second-order valence-corrected chi connectivity index (χ2v) is 6.43. The van der Waals surface area contributed by atoms with Crippen LogP contribution >= 0.6 is 0 Å². The molecule has 0 bridgehead atoms. The molecule has 1 aromatic rings. The van der Waals surface area contributed by atoms with E-state index < -0.39 is 6.10 Å². The lowest BCUT2D eigenvalue weighted by molar-refractivity contribution is -0.133. The number of aliphatic hydroxyl groups is 1. The van der Waals surface area contributed by atoms with Crippen LogP contribution in [0.25, 0.3) is 0 Å².